The lowest BCUT2D eigenvalue weighted by Gasteiger charge is -2.35. The summed E-state index contributed by atoms with van der Waals surface area (Å²) in [5.74, 6) is 0.767. The molecule has 1 heterocycles. The summed E-state index contributed by atoms with van der Waals surface area (Å²) in [7, 11) is 1.96. The normalized spacial score (nSPS) is 18.5. The smallest absolute Gasteiger partial charge is 0.233 e. The van der Waals surface area contributed by atoms with Crippen LogP contribution in [0.5, 0.6) is 0 Å². The van der Waals surface area contributed by atoms with Crippen LogP contribution in [0.3, 0.4) is 0 Å². The third-order valence-corrected chi connectivity index (χ3v) is 5.89. The number of benzene rings is 1. The maximum absolute atomic E-state index is 13.3. The highest BCUT2D eigenvalue weighted by Crippen LogP contribution is 2.38. The van der Waals surface area contributed by atoms with E-state index >= 15 is 0 Å². The average Bonchev–Trinajstić information content (AvgIpc) is 3.01. The van der Waals surface area contributed by atoms with Crippen LogP contribution in [0, 0.1) is 5.92 Å². The molecular formula is C18H26Cl2N2O. The molecule has 1 aliphatic heterocycles. The van der Waals surface area contributed by atoms with Crippen LogP contribution >= 0.6 is 23.2 Å². The number of carbonyl (C=O) groups is 1. The Morgan fingerprint density at radius 3 is 2.57 bits per heavy atom. The Labute approximate surface area is 149 Å². The molecule has 1 amide bonds. The summed E-state index contributed by atoms with van der Waals surface area (Å²) >= 11 is 12.2. The fraction of sp³-hybridized carbons (Fsp3) is 0.611. The van der Waals surface area contributed by atoms with E-state index in [-0.39, 0.29) is 5.91 Å². The molecule has 3 nitrogen and oxygen atoms in total. The van der Waals surface area contributed by atoms with Crippen molar-refractivity contribution in [1.82, 2.24) is 10.2 Å². The van der Waals surface area contributed by atoms with Crippen molar-refractivity contribution in [2.24, 2.45) is 5.92 Å². The number of hydrogen-bond acceptors (Lipinski definition) is 2. The molecule has 1 aromatic carbocycles. The molecule has 0 aliphatic carbocycles. The van der Waals surface area contributed by atoms with Crippen molar-refractivity contribution in [1.29, 1.82) is 0 Å². The molecule has 5 heteroatoms. The van der Waals surface area contributed by atoms with Crippen LogP contribution < -0.4 is 5.32 Å². The predicted octanol–water partition coefficient (Wildman–Crippen LogP) is 4.12. The molecular weight excluding hydrogens is 331 g/mol. The number of hydrogen-bond donors (Lipinski definition) is 1. The second kappa shape index (κ2) is 7.87. The van der Waals surface area contributed by atoms with Crippen molar-refractivity contribution in [3.05, 3.63) is 33.8 Å². The van der Waals surface area contributed by atoms with E-state index in [4.69, 9.17) is 23.2 Å². The SMILES string of the molecule is CCC(CC)(C(=O)N1CCC(CNC)C1)c1ccc(Cl)c(Cl)c1. The second-order valence-corrected chi connectivity index (χ2v) is 7.20. The summed E-state index contributed by atoms with van der Waals surface area (Å²) in [6.45, 7) is 6.79. The van der Waals surface area contributed by atoms with E-state index in [1.807, 2.05) is 24.1 Å². The zero-order valence-electron chi connectivity index (χ0n) is 14.2. The maximum Gasteiger partial charge on any atom is 0.233 e. The van der Waals surface area contributed by atoms with Gasteiger partial charge in [0.05, 0.1) is 15.5 Å². The van der Waals surface area contributed by atoms with Gasteiger partial charge in [0, 0.05) is 13.1 Å². The number of nitrogens with one attached hydrogen (secondary N) is 1. The molecule has 0 spiro atoms. The quantitative estimate of drug-likeness (QED) is 0.831. The Morgan fingerprint density at radius 1 is 1.30 bits per heavy atom. The zero-order valence-corrected chi connectivity index (χ0v) is 15.7. The molecule has 23 heavy (non-hydrogen) atoms. The van der Waals surface area contributed by atoms with Gasteiger partial charge in [0.1, 0.15) is 0 Å². The first-order valence-corrected chi connectivity index (χ1v) is 9.13. The van der Waals surface area contributed by atoms with Gasteiger partial charge in [-0.15, -0.1) is 0 Å². The van der Waals surface area contributed by atoms with Gasteiger partial charge < -0.3 is 10.2 Å². The van der Waals surface area contributed by atoms with Gasteiger partial charge in [-0.3, -0.25) is 4.79 Å². The van der Waals surface area contributed by atoms with E-state index in [0.29, 0.717) is 16.0 Å². The fourth-order valence-electron chi connectivity index (χ4n) is 3.65. The lowest BCUT2D eigenvalue weighted by Crippen LogP contribution is -2.45. The first-order chi connectivity index (χ1) is 11.0. The number of amides is 1. The van der Waals surface area contributed by atoms with E-state index < -0.39 is 5.41 Å². The summed E-state index contributed by atoms with van der Waals surface area (Å²) in [6.07, 6.45) is 2.58. The standard InChI is InChI=1S/C18H26Cl2N2O/c1-4-18(5-2,14-6-7-15(19)16(20)10-14)17(23)22-9-8-13(12-22)11-21-3/h6-7,10,13,21H,4-5,8-9,11-12H2,1-3H3. The molecule has 1 aliphatic rings. The predicted molar refractivity (Wildman–Crippen MR) is 97.3 cm³/mol. The molecule has 1 saturated heterocycles. The second-order valence-electron chi connectivity index (χ2n) is 6.38. The number of rotatable bonds is 6. The topological polar surface area (TPSA) is 32.3 Å². The lowest BCUT2D eigenvalue weighted by atomic mass is 9.74. The average molecular weight is 357 g/mol. The van der Waals surface area contributed by atoms with Gasteiger partial charge in [0.25, 0.3) is 0 Å². The highest BCUT2D eigenvalue weighted by Gasteiger charge is 2.41. The zero-order chi connectivity index (χ0) is 17.0. The minimum Gasteiger partial charge on any atom is -0.342 e. The molecule has 1 fully saturated rings. The molecule has 1 aromatic rings. The van der Waals surface area contributed by atoms with Crippen molar-refractivity contribution in [2.75, 3.05) is 26.7 Å². The Balaban J connectivity index is 2.29. The number of nitrogens with zero attached hydrogens (tertiary/aromatic N) is 1. The van der Waals surface area contributed by atoms with Crippen LogP contribution in [0.2, 0.25) is 10.0 Å². The van der Waals surface area contributed by atoms with Gasteiger partial charge in [-0.2, -0.15) is 0 Å². The minimum atomic E-state index is -0.511. The first-order valence-electron chi connectivity index (χ1n) is 8.38. The summed E-state index contributed by atoms with van der Waals surface area (Å²) in [5, 5.41) is 4.25. The largest absolute Gasteiger partial charge is 0.342 e. The summed E-state index contributed by atoms with van der Waals surface area (Å²) in [4.78, 5) is 15.3. The Morgan fingerprint density at radius 2 is 2.00 bits per heavy atom. The van der Waals surface area contributed by atoms with Gasteiger partial charge in [-0.1, -0.05) is 43.1 Å². The molecule has 128 valence electrons. The lowest BCUT2D eigenvalue weighted by molar-refractivity contribution is -0.137. The van der Waals surface area contributed by atoms with E-state index in [1.165, 1.54) is 0 Å². The van der Waals surface area contributed by atoms with E-state index in [1.54, 1.807) is 6.07 Å². The number of halogens is 2. The van der Waals surface area contributed by atoms with Crippen LogP contribution in [0.1, 0.15) is 38.7 Å². The summed E-state index contributed by atoms with van der Waals surface area (Å²) in [6, 6.07) is 5.59. The molecule has 1 atom stereocenters. The van der Waals surface area contributed by atoms with Crippen LogP contribution in [-0.4, -0.2) is 37.5 Å². The fourth-order valence-corrected chi connectivity index (χ4v) is 3.95. The number of likely N-dealkylation sites (tertiary alicyclic amines) is 1. The summed E-state index contributed by atoms with van der Waals surface area (Å²) < 4.78 is 0. The van der Waals surface area contributed by atoms with Crippen molar-refractivity contribution in [3.63, 3.8) is 0 Å². The van der Waals surface area contributed by atoms with E-state index in [0.717, 1.165) is 44.5 Å². The van der Waals surface area contributed by atoms with Gasteiger partial charge in [-0.25, -0.2) is 0 Å². The van der Waals surface area contributed by atoms with E-state index in [9.17, 15) is 4.79 Å². The molecule has 0 bridgehead atoms. The molecule has 0 aromatic heterocycles. The third-order valence-electron chi connectivity index (χ3n) is 5.15. The Kier molecular flexibility index (Phi) is 6.35. The van der Waals surface area contributed by atoms with Crippen molar-refractivity contribution in [2.45, 2.75) is 38.5 Å². The highest BCUT2D eigenvalue weighted by atomic mass is 35.5. The van der Waals surface area contributed by atoms with Crippen LogP contribution in [0.25, 0.3) is 0 Å². The minimum absolute atomic E-state index is 0.222. The first kappa shape index (κ1) is 18.6. The maximum atomic E-state index is 13.3. The molecule has 1 unspecified atom stereocenters. The molecule has 0 radical (unpaired) electrons. The Bertz CT molecular complexity index is 558. The summed E-state index contributed by atoms with van der Waals surface area (Å²) in [5.41, 5.74) is 0.460. The highest BCUT2D eigenvalue weighted by molar-refractivity contribution is 6.42. The van der Waals surface area contributed by atoms with Gasteiger partial charge in [-0.05, 0) is 56.5 Å². The number of carbonyl (C=O) groups excluding carboxylic acids is 1. The molecule has 1 N–H and O–H groups in total. The van der Waals surface area contributed by atoms with Crippen LogP contribution in [0.4, 0.5) is 0 Å². The van der Waals surface area contributed by atoms with Gasteiger partial charge in [0.15, 0.2) is 0 Å². The Hall–Kier alpha value is -0.770. The van der Waals surface area contributed by atoms with Crippen molar-refractivity contribution in [3.8, 4) is 0 Å². The van der Waals surface area contributed by atoms with Crippen LogP contribution in [0.15, 0.2) is 18.2 Å². The monoisotopic (exact) mass is 356 g/mol. The third kappa shape index (κ3) is 3.67. The molecule has 2 rings (SSSR count). The van der Waals surface area contributed by atoms with Gasteiger partial charge in [0.2, 0.25) is 5.91 Å². The van der Waals surface area contributed by atoms with Crippen molar-refractivity contribution < 1.29 is 4.79 Å². The molecule has 0 saturated carbocycles. The van der Waals surface area contributed by atoms with Crippen molar-refractivity contribution >= 4 is 29.1 Å². The van der Waals surface area contributed by atoms with E-state index in [2.05, 4.69) is 19.2 Å². The van der Waals surface area contributed by atoms with Gasteiger partial charge >= 0.3 is 0 Å². The van der Waals surface area contributed by atoms with Crippen LogP contribution in [-0.2, 0) is 10.2 Å².